The van der Waals surface area contributed by atoms with Gasteiger partial charge in [0.1, 0.15) is 0 Å². The van der Waals surface area contributed by atoms with E-state index in [1.54, 1.807) is 0 Å². The van der Waals surface area contributed by atoms with Crippen LogP contribution in [0.5, 0.6) is 0 Å². The predicted octanol–water partition coefficient (Wildman–Crippen LogP) is 2.52. The number of hydrogen-bond donors (Lipinski definition) is 1. The van der Waals surface area contributed by atoms with Crippen molar-refractivity contribution in [3.63, 3.8) is 0 Å². The molecule has 2 rings (SSSR count). The molecule has 0 fully saturated rings. The van der Waals surface area contributed by atoms with Crippen molar-refractivity contribution in [2.45, 2.75) is 0 Å². The number of nitrogens with zero attached hydrogens (tertiary/aromatic N) is 1. The summed E-state index contributed by atoms with van der Waals surface area (Å²) in [6.45, 7) is 0. The molecule has 0 aliphatic rings. The van der Waals surface area contributed by atoms with Crippen LogP contribution in [0.1, 0.15) is 4.44 Å². The Morgan fingerprint density at radius 3 is 2.47 bits per heavy atom. The molecule has 0 unspecified atom stereocenters. The summed E-state index contributed by atoms with van der Waals surface area (Å²) in [6.07, 6.45) is 0. The van der Waals surface area contributed by atoms with Crippen LogP contribution >= 0.6 is 11.6 Å². The van der Waals surface area contributed by atoms with E-state index >= 15 is 0 Å². The van der Waals surface area contributed by atoms with Crippen molar-refractivity contribution in [2.75, 3.05) is 5.73 Å². The normalized spacial score (nSPS) is 9.87. The fourth-order valence-corrected chi connectivity index (χ4v) is 3.23. The molecule has 2 nitrogen and oxygen atoms in total. The molecule has 1 heterocycles. The van der Waals surface area contributed by atoms with E-state index in [9.17, 15) is 0 Å². The zero-order chi connectivity index (χ0) is 10.8. The topological polar surface area (TPSA) is 49.8 Å². The Morgan fingerprint density at radius 1 is 1.27 bits per heavy atom. The maximum atomic E-state index is 8.82. The Morgan fingerprint density at radius 2 is 1.93 bits per heavy atom. The number of anilines is 1. The van der Waals surface area contributed by atoms with E-state index in [0.29, 0.717) is 15.1 Å². The first-order valence-corrected chi connectivity index (χ1v) is 6.35. The fourth-order valence-electron chi connectivity index (χ4n) is 1.25. The van der Waals surface area contributed by atoms with E-state index in [1.807, 2.05) is 30.3 Å². The third kappa shape index (κ3) is 2.08. The molecular weight excluding hydrogens is 275 g/mol. The molecule has 0 bridgehead atoms. The van der Waals surface area contributed by atoms with Crippen molar-refractivity contribution < 1.29 is 0 Å². The quantitative estimate of drug-likeness (QED) is 0.817. The maximum absolute atomic E-state index is 8.82. The molecule has 74 valence electrons. The van der Waals surface area contributed by atoms with Crippen molar-refractivity contribution in [1.82, 2.24) is 0 Å². The first-order chi connectivity index (χ1) is 7.20. The molecule has 0 saturated carbocycles. The van der Waals surface area contributed by atoms with Crippen molar-refractivity contribution in [2.24, 2.45) is 0 Å². The zero-order valence-electron chi connectivity index (χ0n) is 7.70. The average Bonchev–Trinajstić information content (AvgIpc) is 2.61. The fraction of sp³-hybridized carbons (Fsp3) is 0. The van der Waals surface area contributed by atoms with Gasteiger partial charge in [0.25, 0.3) is 0 Å². The Bertz CT molecular complexity index is 523. The van der Waals surface area contributed by atoms with Crippen LogP contribution in [0.15, 0.2) is 30.3 Å². The Labute approximate surface area is 98.6 Å². The standard InChI is InChI=1S/C11H7ClN2Se/c12-8-3-1-7(2-4-8)10-5-9(14)11(6-13)15-10/h1-5H,14H2. The van der Waals surface area contributed by atoms with E-state index in [-0.39, 0.29) is 14.5 Å². The van der Waals surface area contributed by atoms with Crippen LogP contribution in [-0.4, -0.2) is 14.5 Å². The second-order valence-electron chi connectivity index (χ2n) is 3.01. The number of nitrogen functional groups attached to an aromatic ring is 1. The minimum absolute atomic E-state index is 0.0344. The van der Waals surface area contributed by atoms with Crippen LogP contribution in [0.4, 0.5) is 5.69 Å². The number of benzene rings is 1. The van der Waals surface area contributed by atoms with Crippen molar-refractivity contribution in [3.8, 4) is 16.1 Å². The summed E-state index contributed by atoms with van der Waals surface area (Å²) in [5.74, 6) is 0. The third-order valence-corrected chi connectivity index (χ3v) is 4.56. The van der Waals surface area contributed by atoms with Gasteiger partial charge in [-0.15, -0.1) is 0 Å². The summed E-state index contributed by atoms with van der Waals surface area (Å²) in [7, 11) is 0. The molecule has 2 aromatic rings. The van der Waals surface area contributed by atoms with Crippen LogP contribution in [-0.2, 0) is 0 Å². The molecule has 0 aliphatic heterocycles. The van der Waals surface area contributed by atoms with Gasteiger partial charge in [-0.3, -0.25) is 0 Å². The van der Waals surface area contributed by atoms with Crippen molar-refractivity contribution in [3.05, 3.63) is 39.8 Å². The van der Waals surface area contributed by atoms with Gasteiger partial charge in [0.05, 0.1) is 0 Å². The van der Waals surface area contributed by atoms with Gasteiger partial charge in [0.2, 0.25) is 0 Å². The number of nitrogens with two attached hydrogens (primary N) is 1. The molecule has 0 spiro atoms. The Balaban J connectivity index is 2.46. The molecular formula is C11H7ClN2Se. The molecule has 4 heteroatoms. The van der Waals surface area contributed by atoms with E-state index in [1.165, 1.54) is 0 Å². The predicted molar refractivity (Wildman–Crippen MR) is 63.0 cm³/mol. The van der Waals surface area contributed by atoms with E-state index < -0.39 is 0 Å². The second-order valence-corrected chi connectivity index (χ2v) is 5.66. The van der Waals surface area contributed by atoms with Crippen LogP contribution in [0, 0.1) is 11.3 Å². The molecule has 15 heavy (non-hydrogen) atoms. The Hall–Kier alpha value is -1.20. The van der Waals surface area contributed by atoms with Gasteiger partial charge in [0.15, 0.2) is 0 Å². The molecule has 2 N–H and O–H groups in total. The SMILES string of the molecule is N#Cc1[se]c(-c2ccc(Cl)cc2)cc1N. The number of rotatable bonds is 1. The molecule has 0 amide bonds. The summed E-state index contributed by atoms with van der Waals surface area (Å²) >= 11 is 5.84. The monoisotopic (exact) mass is 282 g/mol. The number of halogens is 1. The second kappa shape index (κ2) is 4.12. The number of hydrogen-bond acceptors (Lipinski definition) is 2. The van der Waals surface area contributed by atoms with Crippen molar-refractivity contribution >= 4 is 31.8 Å². The summed E-state index contributed by atoms with van der Waals surface area (Å²) in [6, 6.07) is 11.6. The van der Waals surface area contributed by atoms with Gasteiger partial charge in [-0.05, 0) is 0 Å². The third-order valence-electron chi connectivity index (χ3n) is 1.99. The van der Waals surface area contributed by atoms with E-state index in [4.69, 9.17) is 22.6 Å². The van der Waals surface area contributed by atoms with E-state index in [0.717, 1.165) is 10.0 Å². The van der Waals surface area contributed by atoms with Crippen LogP contribution < -0.4 is 5.73 Å². The van der Waals surface area contributed by atoms with Gasteiger partial charge < -0.3 is 0 Å². The first-order valence-electron chi connectivity index (χ1n) is 4.26. The van der Waals surface area contributed by atoms with Gasteiger partial charge >= 0.3 is 98.6 Å². The zero-order valence-corrected chi connectivity index (χ0v) is 10.2. The van der Waals surface area contributed by atoms with E-state index in [2.05, 4.69) is 6.07 Å². The van der Waals surface area contributed by atoms with Crippen molar-refractivity contribution in [1.29, 1.82) is 5.26 Å². The molecule has 0 saturated heterocycles. The van der Waals surface area contributed by atoms with Crippen LogP contribution in [0.25, 0.3) is 10.0 Å². The summed E-state index contributed by atoms with van der Waals surface area (Å²) < 4.78 is 1.83. The van der Waals surface area contributed by atoms with Gasteiger partial charge in [-0.25, -0.2) is 0 Å². The van der Waals surface area contributed by atoms with Gasteiger partial charge in [0, 0.05) is 0 Å². The summed E-state index contributed by atoms with van der Waals surface area (Å²) in [5.41, 5.74) is 7.41. The molecule has 1 aromatic heterocycles. The minimum atomic E-state index is 0.0344. The van der Waals surface area contributed by atoms with Crippen LogP contribution in [0.2, 0.25) is 5.02 Å². The summed E-state index contributed by atoms with van der Waals surface area (Å²) in [4.78, 5) is 0. The van der Waals surface area contributed by atoms with Gasteiger partial charge in [-0.2, -0.15) is 0 Å². The molecule has 0 atom stereocenters. The van der Waals surface area contributed by atoms with Gasteiger partial charge in [-0.1, -0.05) is 0 Å². The Kier molecular flexibility index (Phi) is 2.83. The molecule has 0 aliphatic carbocycles. The molecule has 1 aromatic carbocycles. The first kappa shape index (κ1) is 10.3. The summed E-state index contributed by atoms with van der Waals surface area (Å²) in [5, 5.41) is 9.53. The number of nitriles is 1. The molecule has 0 radical (unpaired) electrons. The average molecular weight is 282 g/mol. The van der Waals surface area contributed by atoms with Crippen LogP contribution in [0.3, 0.4) is 0 Å².